The summed E-state index contributed by atoms with van der Waals surface area (Å²) in [7, 11) is 0. The zero-order valence-electron chi connectivity index (χ0n) is 13.9. The summed E-state index contributed by atoms with van der Waals surface area (Å²) in [6, 6.07) is 1.16. The smallest absolute Gasteiger partial charge is 0.322 e. The minimum Gasteiger partial charge on any atom is -0.359 e. The Morgan fingerprint density at radius 3 is 2.77 bits per heavy atom. The number of carbonyl (C=O) groups is 2. The number of anilines is 2. The molecule has 0 radical (unpaired) electrons. The summed E-state index contributed by atoms with van der Waals surface area (Å²) < 4.78 is 33.6. The monoisotopic (exact) mass is 362 g/mol. The number of nitrogens with zero attached hydrogens (tertiary/aromatic N) is 2. The molecule has 2 heterocycles. The number of amides is 3. The number of aromatic nitrogens is 1. The Kier molecular flexibility index (Phi) is 3.86. The molecule has 2 fully saturated rings. The van der Waals surface area contributed by atoms with Gasteiger partial charge in [0.1, 0.15) is 23.0 Å². The molecule has 0 atom stereocenters. The maximum Gasteiger partial charge on any atom is 0.322 e. The van der Waals surface area contributed by atoms with Crippen molar-refractivity contribution in [3.05, 3.63) is 40.8 Å². The third-order valence-corrected chi connectivity index (χ3v) is 4.50. The lowest BCUT2D eigenvalue weighted by Crippen LogP contribution is -2.29. The van der Waals surface area contributed by atoms with E-state index in [-0.39, 0.29) is 23.7 Å². The first-order chi connectivity index (χ1) is 12.5. The van der Waals surface area contributed by atoms with E-state index in [1.165, 1.54) is 0 Å². The number of hydrogen-bond donors (Lipinski definition) is 2. The van der Waals surface area contributed by atoms with Crippen molar-refractivity contribution in [2.45, 2.75) is 25.7 Å². The SMILES string of the molecule is Cc1noc(C2CC2)c1NC(=O)c1cc(N2CCNC2=O)c(F)cc1F. The van der Waals surface area contributed by atoms with Gasteiger partial charge in [-0.05, 0) is 25.8 Å². The topological polar surface area (TPSA) is 87.5 Å². The van der Waals surface area contributed by atoms with Crippen molar-refractivity contribution in [3.8, 4) is 0 Å². The second kappa shape index (κ2) is 6.08. The maximum atomic E-state index is 14.2. The van der Waals surface area contributed by atoms with Crippen LogP contribution in [0.4, 0.5) is 25.0 Å². The van der Waals surface area contributed by atoms with Crippen LogP contribution in [-0.4, -0.2) is 30.2 Å². The first-order valence-electron chi connectivity index (χ1n) is 8.27. The molecule has 26 heavy (non-hydrogen) atoms. The maximum absolute atomic E-state index is 14.2. The van der Waals surface area contributed by atoms with Crippen molar-refractivity contribution in [1.82, 2.24) is 10.5 Å². The van der Waals surface area contributed by atoms with E-state index in [1.807, 2.05) is 0 Å². The van der Waals surface area contributed by atoms with E-state index in [1.54, 1.807) is 6.92 Å². The van der Waals surface area contributed by atoms with Gasteiger partial charge in [0.25, 0.3) is 5.91 Å². The summed E-state index contributed by atoms with van der Waals surface area (Å²) in [5.74, 6) is -1.90. The summed E-state index contributed by atoms with van der Waals surface area (Å²) in [6.45, 7) is 2.26. The van der Waals surface area contributed by atoms with Gasteiger partial charge in [0.15, 0.2) is 5.76 Å². The van der Waals surface area contributed by atoms with E-state index < -0.39 is 23.6 Å². The van der Waals surface area contributed by atoms with Crippen LogP contribution < -0.4 is 15.5 Å². The lowest BCUT2D eigenvalue weighted by Gasteiger charge is -2.16. The van der Waals surface area contributed by atoms with Gasteiger partial charge in [-0.25, -0.2) is 13.6 Å². The van der Waals surface area contributed by atoms with Crippen LogP contribution in [0.2, 0.25) is 0 Å². The number of urea groups is 1. The molecule has 1 aliphatic heterocycles. The van der Waals surface area contributed by atoms with Crippen molar-refractivity contribution in [1.29, 1.82) is 0 Å². The highest BCUT2D eigenvalue weighted by Gasteiger charge is 2.33. The molecule has 4 rings (SSSR count). The van der Waals surface area contributed by atoms with E-state index in [2.05, 4.69) is 15.8 Å². The molecule has 0 spiro atoms. The second-order valence-electron chi connectivity index (χ2n) is 6.40. The quantitative estimate of drug-likeness (QED) is 0.875. The number of aryl methyl sites for hydroxylation is 1. The summed E-state index contributed by atoms with van der Waals surface area (Å²) in [5.41, 5.74) is 0.406. The van der Waals surface area contributed by atoms with Crippen LogP contribution in [-0.2, 0) is 0 Å². The summed E-state index contributed by atoms with van der Waals surface area (Å²) in [4.78, 5) is 25.5. The molecule has 3 amide bonds. The second-order valence-corrected chi connectivity index (χ2v) is 6.40. The number of carbonyl (C=O) groups excluding carboxylic acids is 2. The number of nitrogens with one attached hydrogen (secondary N) is 2. The first kappa shape index (κ1) is 16.5. The average Bonchev–Trinajstić information content (AvgIpc) is 3.26. The first-order valence-corrected chi connectivity index (χ1v) is 8.27. The largest absolute Gasteiger partial charge is 0.359 e. The molecule has 1 saturated carbocycles. The highest BCUT2D eigenvalue weighted by Crippen LogP contribution is 2.44. The number of benzene rings is 1. The van der Waals surface area contributed by atoms with Gasteiger partial charge in [0.2, 0.25) is 0 Å². The molecular formula is C17H16F2N4O3. The van der Waals surface area contributed by atoms with Crippen LogP contribution >= 0.6 is 0 Å². The Bertz CT molecular complexity index is 908. The molecule has 136 valence electrons. The zero-order chi connectivity index (χ0) is 18.4. The highest BCUT2D eigenvalue weighted by molar-refractivity contribution is 6.06. The minimum absolute atomic E-state index is 0.143. The average molecular weight is 362 g/mol. The van der Waals surface area contributed by atoms with Crippen LogP contribution in [0, 0.1) is 18.6 Å². The van der Waals surface area contributed by atoms with E-state index in [0.717, 1.165) is 23.8 Å². The van der Waals surface area contributed by atoms with E-state index in [0.29, 0.717) is 29.8 Å². The van der Waals surface area contributed by atoms with Crippen LogP contribution in [0.3, 0.4) is 0 Å². The van der Waals surface area contributed by atoms with Crippen LogP contribution in [0.15, 0.2) is 16.7 Å². The van der Waals surface area contributed by atoms with Gasteiger partial charge in [-0.1, -0.05) is 5.16 Å². The lowest BCUT2D eigenvalue weighted by molar-refractivity contribution is 0.102. The number of halogens is 2. The normalized spacial score (nSPS) is 16.7. The van der Waals surface area contributed by atoms with Crippen molar-refractivity contribution < 1.29 is 22.9 Å². The molecule has 1 saturated heterocycles. The van der Waals surface area contributed by atoms with Crippen molar-refractivity contribution in [2.24, 2.45) is 0 Å². The minimum atomic E-state index is -1.01. The Labute approximate surface area is 147 Å². The van der Waals surface area contributed by atoms with Gasteiger partial charge < -0.3 is 15.2 Å². The lowest BCUT2D eigenvalue weighted by atomic mass is 10.1. The fourth-order valence-electron chi connectivity index (χ4n) is 2.96. The van der Waals surface area contributed by atoms with Crippen LogP contribution in [0.5, 0.6) is 0 Å². The fourth-order valence-corrected chi connectivity index (χ4v) is 2.96. The summed E-state index contributed by atoms with van der Waals surface area (Å²) >= 11 is 0. The Morgan fingerprint density at radius 1 is 1.35 bits per heavy atom. The van der Waals surface area contributed by atoms with Crippen molar-refractivity contribution in [3.63, 3.8) is 0 Å². The molecule has 1 aromatic heterocycles. The van der Waals surface area contributed by atoms with Crippen molar-refractivity contribution in [2.75, 3.05) is 23.3 Å². The van der Waals surface area contributed by atoms with Gasteiger partial charge in [-0.15, -0.1) is 0 Å². The highest BCUT2D eigenvalue weighted by atomic mass is 19.1. The molecule has 0 bridgehead atoms. The summed E-state index contributed by atoms with van der Waals surface area (Å²) in [6.07, 6.45) is 1.88. The van der Waals surface area contributed by atoms with E-state index in [9.17, 15) is 18.4 Å². The molecular weight excluding hydrogens is 346 g/mol. The molecule has 2 aliphatic rings. The third kappa shape index (κ3) is 2.79. The predicted octanol–water partition coefficient (Wildman–Crippen LogP) is 2.92. The van der Waals surface area contributed by atoms with Crippen molar-refractivity contribution >= 4 is 23.3 Å². The number of hydrogen-bond acceptors (Lipinski definition) is 4. The third-order valence-electron chi connectivity index (χ3n) is 4.50. The number of rotatable bonds is 4. The van der Waals surface area contributed by atoms with Gasteiger partial charge in [-0.2, -0.15) is 0 Å². The van der Waals surface area contributed by atoms with E-state index >= 15 is 0 Å². The Balaban J connectivity index is 1.66. The predicted molar refractivity (Wildman–Crippen MR) is 88.3 cm³/mol. The summed E-state index contributed by atoms with van der Waals surface area (Å²) in [5, 5.41) is 8.99. The van der Waals surface area contributed by atoms with Gasteiger partial charge in [0.05, 0.1) is 11.3 Å². The Morgan fingerprint density at radius 2 is 2.12 bits per heavy atom. The Hall–Kier alpha value is -2.97. The molecule has 2 N–H and O–H groups in total. The van der Waals surface area contributed by atoms with Gasteiger partial charge in [-0.3, -0.25) is 9.69 Å². The van der Waals surface area contributed by atoms with Gasteiger partial charge in [0, 0.05) is 25.1 Å². The standard InChI is InChI=1S/C17H16F2N4O3/c1-8-14(15(26-22-8)9-2-3-9)21-16(24)10-6-13(12(19)7-11(10)18)23-5-4-20-17(23)25/h6-7,9H,2-5H2,1H3,(H,20,25)(H,21,24). The van der Waals surface area contributed by atoms with Gasteiger partial charge >= 0.3 is 6.03 Å². The molecule has 2 aromatic rings. The molecule has 1 aliphatic carbocycles. The molecule has 7 nitrogen and oxygen atoms in total. The van der Waals surface area contributed by atoms with Crippen LogP contribution in [0.1, 0.15) is 40.6 Å². The molecule has 9 heteroatoms. The molecule has 0 unspecified atom stereocenters. The fraction of sp³-hybridized carbons (Fsp3) is 0.353. The zero-order valence-corrected chi connectivity index (χ0v) is 13.9. The van der Waals surface area contributed by atoms with E-state index in [4.69, 9.17) is 4.52 Å². The van der Waals surface area contributed by atoms with Crippen LogP contribution in [0.25, 0.3) is 0 Å². The molecule has 1 aromatic carbocycles.